The molecule has 4 rings (SSSR count). The maximum atomic E-state index is 12.5. The average Bonchev–Trinajstić information content (AvgIpc) is 3.49. The van der Waals surface area contributed by atoms with Crippen molar-refractivity contribution in [3.05, 3.63) is 72.6 Å². The van der Waals surface area contributed by atoms with Gasteiger partial charge in [0.2, 0.25) is 0 Å². The predicted octanol–water partition coefficient (Wildman–Crippen LogP) is 4.64. The van der Waals surface area contributed by atoms with Crippen molar-refractivity contribution in [2.24, 2.45) is 0 Å². The van der Waals surface area contributed by atoms with E-state index in [1.165, 1.54) is 11.8 Å². The van der Waals surface area contributed by atoms with Gasteiger partial charge in [0.25, 0.3) is 0 Å². The third-order valence-electron chi connectivity index (χ3n) is 4.62. The predicted molar refractivity (Wildman–Crippen MR) is 120 cm³/mol. The van der Waals surface area contributed by atoms with Gasteiger partial charge in [0, 0.05) is 17.4 Å². The van der Waals surface area contributed by atoms with E-state index in [2.05, 4.69) is 15.2 Å². The Morgan fingerprint density at radius 1 is 1.03 bits per heavy atom. The highest BCUT2D eigenvalue weighted by Crippen LogP contribution is 2.30. The third-order valence-corrected chi connectivity index (χ3v) is 5.55. The molecule has 0 unspecified atom stereocenters. The summed E-state index contributed by atoms with van der Waals surface area (Å²) < 4.78 is 12.8. The molecule has 7 nitrogen and oxygen atoms in total. The van der Waals surface area contributed by atoms with Crippen molar-refractivity contribution in [2.75, 3.05) is 19.5 Å². The molecule has 2 aromatic carbocycles. The van der Waals surface area contributed by atoms with Crippen molar-refractivity contribution in [3.63, 3.8) is 0 Å². The standard InChI is InChI=1S/C23H22N4O3S/c1-3-30-19-12-8-17(9-13-19)27-22(16-6-10-18(29-2)11-7-16)25-26-23(27)31-15-21(28)20-5-4-14-24-20/h4-14,24H,3,15H2,1-2H3. The first kappa shape index (κ1) is 20.7. The minimum Gasteiger partial charge on any atom is -0.497 e. The van der Waals surface area contributed by atoms with Crippen LogP contribution in [-0.2, 0) is 0 Å². The zero-order valence-electron chi connectivity index (χ0n) is 17.2. The maximum Gasteiger partial charge on any atom is 0.196 e. The number of aromatic nitrogens is 4. The number of hydrogen-bond donors (Lipinski definition) is 1. The zero-order valence-corrected chi connectivity index (χ0v) is 18.1. The number of carbonyl (C=O) groups excluding carboxylic acids is 1. The average molecular weight is 435 g/mol. The lowest BCUT2D eigenvalue weighted by Gasteiger charge is -2.11. The van der Waals surface area contributed by atoms with Gasteiger partial charge in [-0.25, -0.2) is 0 Å². The largest absolute Gasteiger partial charge is 0.497 e. The first-order valence-electron chi connectivity index (χ1n) is 9.82. The molecule has 0 amide bonds. The van der Waals surface area contributed by atoms with E-state index in [4.69, 9.17) is 9.47 Å². The summed E-state index contributed by atoms with van der Waals surface area (Å²) in [7, 11) is 1.63. The lowest BCUT2D eigenvalue weighted by Crippen LogP contribution is -2.05. The topological polar surface area (TPSA) is 82.0 Å². The van der Waals surface area contributed by atoms with Gasteiger partial charge in [-0.3, -0.25) is 9.36 Å². The molecule has 0 bridgehead atoms. The van der Waals surface area contributed by atoms with Crippen LogP contribution in [0.5, 0.6) is 11.5 Å². The van der Waals surface area contributed by atoms with Gasteiger partial charge in [-0.05, 0) is 67.6 Å². The summed E-state index contributed by atoms with van der Waals surface area (Å²) in [5.41, 5.74) is 2.36. The lowest BCUT2D eigenvalue weighted by atomic mass is 10.2. The Morgan fingerprint density at radius 3 is 2.42 bits per heavy atom. The number of nitrogens with one attached hydrogen (secondary N) is 1. The number of hydrogen-bond acceptors (Lipinski definition) is 6. The molecule has 0 radical (unpaired) electrons. The van der Waals surface area contributed by atoms with Crippen LogP contribution in [0.15, 0.2) is 72.0 Å². The van der Waals surface area contributed by atoms with Crippen LogP contribution in [-0.4, -0.2) is 45.0 Å². The number of ether oxygens (including phenoxy) is 2. The van der Waals surface area contributed by atoms with Crippen LogP contribution in [0.1, 0.15) is 17.4 Å². The molecular weight excluding hydrogens is 412 g/mol. The van der Waals surface area contributed by atoms with Gasteiger partial charge in [0.1, 0.15) is 11.5 Å². The number of benzene rings is 2. The molecule has 0 fully saturated rings. The minimum atomic E-state index is 0.00208. The third kappa shape index (κ3) is 4.64. The fourth-order valence-electron chi connectivity index (χ4n) is 3.09. The second kappa shape index (κ2) is 9.53. The molecule has 0 aliphatic heterocycles. The van der Waals surface area contributed by atoms with E-state index in [1.807, 2.05) is 66.1 Å². The van der Waals surface area contributed by atoms with Crippen molar-refractivity contribution >= 4 is 17.5 Å². The van der Waals surface area contributed by atoms with Crippen LogP contribution in [0.2, 0.25) is 0 Å². The van der Waals surface area contributed by atoms with E-state index >= 15 is 0 Å². The summed E-state index contributed by atoms with van der Waals surface area (Å²) in [4.78, 5) is 15.4. The summed E-state index contributed by atoms with van der Waals surface area (Å²) >= 11 is 1.35. The number of methoxy groups -OCH3 is 1. The van der Waals surface area contributed by atoms with Crippen LogP contribution in [0.25, 0.3) is 17.1 Å². The molecule has 0 saturated heterocycles. The minimum absolute atomic E-state index is 0.00208. The van der Waals surface area contributed by atoms with Crippen molar-refractivity contribution in [1.29, 1.82) is 0 Å². The first-order chi connectivity index (χ1) is 15.2. The quantitative estimate of drug-likeness (QED) is 0.305. The number of Topliss-reactive ketones (excluding diaryl/α,β-unsaturated/α-hetero) is 1. The van der Waals surface area contributed by atoms with Crippen LogP contribution in [0, 0.1) is 0 Å². The fourth-order valence-corrected chi connectivity index (χ4v) is 3.93. The van der Waals surface area contributed by atoms with E-state index in [0.717, 1.165) is 22.7 Å². The summed E-state index contributed by atoms with van der Waals surface area (Å²) in [6.07, 6.45) is 1.74. The maximum absolute atomic E-state index is 12.5. The second-order valence-electron chi connectivity index (χ2n) is 6.59. The highest BCUT2D eigenvalue weighted by atomic mass is 32.2. The molecule has 0 saturated carbocycles. The Balaban J connectivity index is 1.68. The lowest BCUT2D eigenvalue weighted by molar-refractivity contribution is 0.101. The van der Waals surface area contributed by atoms with Crippen LogP contribution < -0.4 is 9.47 Å². The molecule has 0 spiro atoms. The molecular formula is C23H22N4O3S. The van der Waals surface area contributed by atoms with Crippen molar-refractivity contribution in [1.82, 2.24) is 19.7 Å². The van der Waals surface area contributed by atoms with E-state index in [0.29, 0.717) is 23.3 Å². The molecule has 1 N–H and O–H groups in total. The van der Waals surface area contributed by atoms with Crippen LogP contribution in [0.4, 0.5) is 0 Å². The van der Waals surface area contributed by atoms with E-state index < -0.39 is 0 Å². The van der Waals surface area contributed by atoms with Gasteiger partial charge >= 0.3 is 0 Å². The fraction of sp³-hybridized carbons (Fsp3) is 0.174. The normalized spacial score (nSPS) is 10.8. The molecule has 31 heavy (non-hydrogen) atoms. The Morgan fingerprint density at radius 2 is 1.77 bits per heavy atom. The molecule has 2 aromatic heterocycles. The number of rotatable bonds is 9. The van der Waals surface area contributed by atoms with E-state index in [1.54, 1.807) is 19.4 Å². The number of carbonyl (C=O) groups is 1. The van der Waals surface area contributed by atoms with Crippen molar-refractivity contribution in [2.45, 2.75) is 12.1 Å². The van der Waals surface area contributed by atoms with Gasteiger partial charge < -0.3 is 14.5 Å². The number of thioether (sulfide) groups is 1. The number of nitrogens with zero attached hydrogens (tertiary/aromatic N) is 3. The first-order valence-corrected chi connectivity index (χ1v) is 10.8. The summed E-state index contributed by atoms with van der Waals surface area (Å²) in [5.74, 6) is 2.49. The van der Waals surface area contributed by atoms with Gasteiger partial charge in [0.15, 0.2) is 16.8 Å². The van der Waals surface area contributed by atoms with E-state index in [-0.39, 0.29) is 11.5 Å². The SMILES string of the molecule is CCOc1ccc(-n2c(SCC(=O)c3ccc[nH]3)nnc2-c2ccc(OC)cc2)cc1. The highest BCUT2D eigenvalue weighted by molar-refractivity contribution is 7.99. The molecule has 158 valence electrons. The summed E-state index contributed by atoms with van der Waals surface area (Å²) in [6, 6.07) is 19.0. The van der Waals surface area contributed by atoms with Crippen LogP contribution >= 0.6 is 11.8 Å². The molecule has 0 atom stereocenters. The van der Waals surface area contributed by atoms with Gasteiger partial charge in [-0.1, -0.05) is 11.8 Å². The smallest absolute Gasteiger partial charge is 0.196 e. The molecule has 0 aliphatic carbocycles. The van der Waals surface area contributed by atoms with Crippen LogP contribution in [0.3, 0.4) is 0 Å². The zero-order chi connectivity index (χ0) is 21.6. The monoisotopic (exact) mass is 434 g/mol. The highest BCUT2D eigenvalue weighted by Gasteiger charge is 2.18. The molecule has 2 heterocycles. The van der Waals surface area contributed by atoms with Gasteiger partial charge in [0.05, 0.1) is 25.2 Å². The Labute approximate surface area is 184 Å². The molecule has 4 aromatic rings. The molecule has 0 aliphatic rings. The van der Waals surface area contributed by atoms with Crippen molar-refractivity contribution in [3.8, 4) is 28.6 Å². The summed E-state index contributed by atoms with van der Waals surface area (Å²) in [6.45, 7) is 2.55. The Kier molecular flexibility index (Phi) is 6.37. The molecule has 8 heteroatoms. The number of ketones is 1. The Bertz CT molecular complexity index is 1140. The van der Waals surface area contributed by atoms with Gasteiger partial charge in [-0.2, -0.15) is 0 Å². The van der Waals surface area contributed by atoms with Gasteiger partial charge in [-0.15, -0.1) is 10.2 Å². The number of aromatic amines is 1. The second-order valence-corrected chi connectivity index (χ2v) is 7.54. The number of H-pyrrole nitrogens is 1. The van der Waals surface area contributed by atoms with Crippen molar-refractivity contribution < 1.29 is 14.3 Å². The summed E-state index contributed by atoms with van der Waals surface area (Å²) in [5, 5.41) is 9.43. The van der Waals surface area contributed by atoms with E-state index in [9.17, 15) is 4.79 Å². The Hall–Kier alpha value is -3.52.